The molecule has 0 spiro atoms. The molecule has 5 heteroatoms. The van der Waals surface area contributed by atoms with Gasteiger partial charge in [0.2, 0.25) is 0 Å². The van der Waals surface area contributed by atoms with Crippen LogP contribution in [-0.4, -0.2) is 19.3 Å². The highest BCUT2D eigenvalue weighted by Crippen LogP contribution is 2.18. The normalized spacial score (nSPS) is 9.90. The van der Waals surface area contributed by atoms with E-state index in [-0.39, 0.29) is 5.56 Å². The zero-order valence-electron chi connectivity index (χ0n) is 10.7. The lowest BCUT2D eigenvalue weighted by molar-refractivity contribution is 0.102. The van der Waals surface area contributed by atoms with Gasteiger partial charge in [0.1, 0.15) is 17.9 Å². The molecule has 0 aromatic heterocycles. The average Bonchev–Trinajstić information content (AvgIpc) is 2.47. The van der Waals surface area contributed by atoms with Gasteiger partial charge in [-0.2, -0.15) is 0 Å². The molecule has 0 aliphatic heterocycles. The summed E-state index contributed by atoms with van der Waals surface area (Å²) in [4.78, 5) is 22.6. The first-order valence-electron chi connectivity index (χ1n) is 5.84. The summed E-state index contributed by atoms with van der Waals surface area (Å²) in [5.74, 6) is -0.927. The Balaban J connectivity index is 2.21. The van der Waals surface area contributed by atoms with Crippen molar-refractivity contribution in [1.82, 2.24) is 0 Å². The highest BCUT2D eigenvalue weighted by Gasteiger charge is 2.12. The molecule has 0 fully saturated rings. The van der Waals surface area contributed by atoms with E-state index in [1.807, 2.05) is 0 Å². The molecule has 0 bridgehead atoms. The van der Waals surface area contributed by atoms with Gasteiger partial charge in [-0.05, 0) is 24.3 Å². The van der Waals surface area contributed by atoms with Crippen molar-refractivity contribution in [1.29, 1.82) is 0 Å². The summed E-state index contributed by atoms with van der Waals surface area (Å²) in [6, 6.07) is 10.3. The Hall–Kier alpha value is -2.69. The van der Waals surface area contributed by atoms with Gasteiger partial charge in [0, 0.05) is 17.3 Å². The molecule has 0 saturated carbocycles. The molecule has 2 aromatic carbocycles. The molecule has 1 amide bonds. The third-order valence-electron chi connectivity index (χ3n) is 2.70. The molecule has 0 aliphatic rings. The summed E-state index contributed by atoms with van der Waals surface area (Å²) in [5.41, 5.74) is 0.759. The van der Waals surface area contributed by atoms with Crippen LogP contribution in [0.1, 0.15) is 20.7 Å². The van der Waals surface area contributed by atoms with Crippen LogP contribution in [0.3, 0.4) is 0 Å². The number of halogens is 1. The highest BCUT2D eigenvalue weighted by atomic mass is 19.1. The SMILES string of the molecule is COc1ccc(C(=O)Nc2cccc(C=O)c2)c(F)c1. The van der Waals surface area contributed by atoms with E-state index in [0.717, 1.165) is 6.07 Å². The second kappa shape index (κ2) is 5.97. The van der Waals surface area contributed by atoms with Crippen LogP contribution in [-0.2, 0) is 0 Å². The van der Waals surface area contributed by atoms with E-state index < -0.39 is 11.7 Å². The number of hydrogen-bond acceptors (Lipinski definition) is 3. The number of carbonyl (C=O) groups is 2. The maximum atomic E-state index is 13.7. The second-order valence-corrected chi connectivity index (χ2v) is 4.04. The first-order chi connectivity index (χ1) is 9.63. The van der Waals surface area contributed by atoms with E-state index in [1.165, 1.54) is 25.3 Å². The molecule has 2 rings (SSSR count). The standard InChI is InChI=1S/C15H12FNO3/c1-20-12-5-6-13(14(16)8-12)15(19)17-11-4-2-3-10(7-11)9-18/h2-9H,1H3,(H,17,19). The lowest BCUT2D eigenvalue weighted by Gasteiger charge is -2.07. The first kappa shape index (κ1) is 13.7. The maximum Gasteiger partial charge on any atom is 0.258 e. The Morgan fingerprint density at radius 3 is 2.70 bits per heavy atom. The number of carbonyl (C=O) groups excluding carboxylic acids is 2. The lowest BCUT2D eigenvalue weighted by atomic mass is 10.1. The van der Waals surface area contributed by atoms with Crippen LogP contribution in [0, 0.1) is 5.82 Å². The Bertz CT molecular complexity index is 655. The van der Waals surface area contributed by atoms with E-state index in [0.29, 0.717) is 23.3 Å². The van der Waals surface area contributed by atoms with Crippen LogP contribution < -0.4 is 10.1 Å². The lowest BCUT2D eigenvalue weighted by Crippen LogP contribution is -2.13. The van der Waals surface area contributed by atoms with Gasteiger partial charge in [0.15, 0.2) is 0 Å². The Morgan fingerprint density at radius 1 is 1.25 bits per heavy atom. The molecule has 1 N–H and O–H groups in total. The summed E-state index contributed by atoms with van der Waals surface area (Å²) in [6.07, 6.45) is 0.670. The van der Waals surface area contributed by atoms with Crippen molar-refractivity contribution < 1.29 is 18.7 Å². The van der Waals surface area contributed by atoms with Gasteiger partial charge in [-0.3, -0.25) is 9.59 Å². The Morgan fingerprint density at radius 2 is 2.05 bits per heavy atom. The molecule has 0 radical (unpaired) electrons. The fraction of sp³-hybridized carbons (Fsp3) is 0.0667. The minimum atomic E-state index is -0.673. The van der Waals surface area contributed by atoms with Crippen molar-refractivity contribution >= 4 is 17.9 Å². The predicted molar refractivity (Wildman–Crippen MR) is 72.7 cm³/mol. The number of benzene rings is 2. The summed E-state index contributed by atoms with van der Waals surface area (Å²) in [6.45, 7) is 0. The van der Waals surface area contributed by atoms with Gasteiger partial charge in [0.05, 0.1) is 12.7 Å². The third kappa shape index (κ3) is 3.00. The van der Waals surface area contributed by atoms with E-state index in [4.69, 9.17) is 4.74 Å². The van der Waals surface area contributed by atoms with Crippen molar-refractivity contribution in [3.63, 3.8) is 0 Å². The Labute approximate surface area is 115 Å². The molecule has 0 saturated heterocycles. The van der Waals surface area contributed by atoms with Crippen molar-refractivity contribution in [2.24, 2.45) is 0 Å². The molecular formula is C15H12FNO3. The summed E-state index contributed by atoms with van der Waals surface area (Å²) in [5, 5.41) is 2.53. The summed E-state index contributed by atoms with van der Waals surface area (Å²) >= 11 is 0. The van der Waals surface area contributed by atoms with Crippen molar-refractivity contribution in [2.45, 2.75) is 0 Å². The van der Waals surface area contributed by atoms with Crippen LogP contribution in [0.4, 0.5) is 10.1 Å². The smallest absolute Gasteiger partial charge is 0.258 e. The van der Waals surface area contributed by atoms with Crippen LogP contribution in [0.25, 0.3) is 0 Å². The molecule has 0 atom stereocenters. The van der Waals surface area contributed by atoms with E-state index >= 15 is 0 Å². The van der Waals surface area contributed by atoms with Gasteiger partial charge in [-0.15, -0.1) is 0 Å². The highest BCUT2D eigenvalue weighted by molar-refractivity contribution is 6.04. The molecular weight excluding hydrogens is 261 g/mol. The topological polar surface area (TPSA) is 55.4 Å². The Kier molecular flexibility index (Phi) is 4.10. The number of nitrogens with one attached hydrogen (secondary N) is 1. The van der Waals surface area contributed by atoms with Gasteiger partial charge in [-0.25, -0.2) is 4.39 Å². The molecule has 0 unspecified atom stereocenters. The van der Waals surface area contributed by atoms with E-state index in [2.05, 4.69) is 5.32 Å². The minimum absolute atomic E-state index is 0.0951. The van der Waals surface area contributed by atoms with Gasteiger partial charge in [-0.1, -0.05) is 12.1 Å². The van der Waals surface area contributed by atoms with Crippen molar-refractivity contribution in [2.75, 3.05) is 12.4 Å². The third-order valence-corrected chi connectivity index (χ3v) is 2.70. The quantitative estimate of drug-likeness (QED) is 0.871. The second-order valence-electron chi connectivity index (χ2n) is 4.04. The molecule has 0 heterocycles. The maximum absolute atomic E-state index is 13.7. The molecule has 102 valence electrons. The largest absolute Gasteiger partial charge is 0.497 e. The predicted octanol–water partition coefficient (Wildman–Crippen LogP) is 2.90. The van der Waals surface area contributed by atoms with E-state index in [1.54, 1.807) is 18.2 Å². The average molecular weight is 273 g/mol. The number of aldehydes is 1. The molecule has 0 aliphatic carbocycles. The number of anilines is 1. The molecule has 20 heavy (non-hydrogen) atoms. The number of methoxy groups -OCH3 is 1. The number of ether oxygens (including phenoxy) is 1. The van der Waals surface area contributed by atoms with E-state index in [9.17, 15) is 14.0 Å². The van der Waals surface area contributed by atoms with Gasteiger partial charge < -0.3 is 10.1 Å². The van der Waals surface area contributed by atoms with Crippen LogP contribution >= 0.6 is 0 Å². The molecule has 4 nitrogen and oxygen atoms in total. The monoisotopic (exact) mass is 273 g/mol. The zero-order chi connectivity index (χ0) is 14.5. The van der Waals surface area contributed by atoms with Gasteiger partial charge in [0.25, 0.3) is 5.91 Å². The minimum Gasteiger partial charge on any atom is -0.497 e. The van der Waals surface area contributed by atoms with Crippen molar-refractivity contribution in [3.8, 4) is 5.75 Å². The summed E-state index contributed by atoms with van der Waals surface area (Å²) in [7, 11) is 1.42. The fourth-order valence-corrected chi connectivity index (χ4v) is 1.70. The zero-order valence-corrected chi connectivity index (χ0v) is 10.7. The van der Waals surface area contributed by atoms with Crippen LogP contribution in [0.5, 0.6) is 5.75 Å². The number of hydrogen-bond donors (Lipinski definition) is 1. The first-order valence-corrected chi connectivity index (χ1v) is 5.84. The van der Waals surface area contributed by atoms with Crippen LogP contribution in [0.15, 0.2) is 42.5 Å². The van der Waals surface area contributed by atoms with Crippen molar-refractivity contribution in [3.05, 3.63) is 59.4 Å². The van der Waals surface area contributed by atoms with Gasteiger partial charge >= 0.3 is 0 Å². The fourth-order valence-electron chi connectivity index (χ4n) is 1.70. The molecule has 2 aromatic rings. The number of rotatable bonds is 4. The summed E-state index contributed by atoms with van der Waals surface area (Å²) < 4.78 is 18.6. The number of amides is 1. The van der Waals surface area contributed by atoms with Crippen LogP contribution in [0.2, 0.25) is 0 Å².